The Morgan fingerprint density at radius 2 is 1.27 bits per heavy atom. The summed E-state index contributed by atoms with van der Waals surface area (Å²) in [4.78, 5) is 5.72. The van der Waals surface area contributed by atoms with Crippen LogP contribution in [0.5, 0.6) is 0 Å². The molecular formula is C38H63FN12O. The zero-order valence-electron chi connectivity index (χ0n) is 33.8. The second-order valence-electron chi connectivity index (χ2n) is 13.9. The van der Waals surface area contributed by atoms with Crippen LogP contribution in [0.3, 0.4) is 0 Å². The fourth-order valence-electron chi connectivity index (χ4n) is 3.78. The van der Waals surface area contributed by atoms with Gasteiger partial charge in [-0.25, -0.2) is 14.1 Å². The maximum absolute atomic E-state index is 11.9. The lowest BCUT2D eigenvalue weighted by atomic mass is 10.1. The molecule has 1 N–H and O–H groups in total. The summed E-state index contributed by atoms with van der Waals surface area (Å²) in [6.07, 6.45) is 20.0. The number of nitrogens with zero attached hydrogens (tertiary/aromatic N) is 11. The van der Waals surface area contributed by atoms with Crippen molar-refractivity contribution >= 4 is 0 Å². The molecule has 0 aliphatic rings. The van der Waals surface area contributed by atoms with E-state index < -0.39 is 6.80 Å². The predicted molar refractivity (Wildman–Crippen MR) is 206 cm³/mol. The highest BCUT2D eigenvalue weighted by Gasteiger charge is 2.04. The van der Waals surface area contributed by atoms with Crippen LogP contribution in [0.4, 0.5) is 4.39 Å². The van der Waals surface area contributed by atoms with Gasteiger partial charge in [0.1, 0.15) is 5.76 Å². The van der Waals surface area contributed by atoms with Crippen LogP contribution < -0.4 is 0 Å². The number of H-pyrrole nitrogens is 1. The van der Waals surface area contributed by atoms with Gasteiger partial charge in [-0.1, -0.05) is 55.4 Å². The highest BCUT2D eigenvalue weighted by atomic mass is 19.1. The average molecular weight is 723 g/mol. The Labute approximate surface area is 310 Å². The molecule has 6 aromatic rings. The largest absolute Gasteiger partial charge is 0.446 e. The monoisotopic (exact) mass is 723 g/mol. The zero-order valence-corrected chi connectivity index (χ0v) is 33.8. The van der Waals surface area contributed by atoms with Crippen molar-refractivity contribution in [2.75, 3.05) is 0 Å². The van der Waals surface area contributed by atoms with Gasteiger partial charge in [-0.3, -0.25) is 14.5 Å². The Morgan fingerprint density at radius 3 is 1.52 bits per heavy atom. The number of aromatic nitrogens is 12. The third-order valence-corrected chi connectivity index (χ3v) is 7.11. The minimum Gasteiger partial charge on any atom is -0.446 e. The second-order valence-corrected chi connectivity index (χ2v) is 13.9. The van der Waals surface area contributed by atoms with E-state index in [0.29, 0.717) is 35.8 Å². The fourth-order valence-corrected chi connectivity index (χ4v) is 3.78. The lowest BCUT2D eigenvalue weighted by Crippen LogP contribution is -2.03. The quantitative estimate of drug-likeness (QED) is 0.172. The van der Waals surface area contributed by atoms with Gasteiger partial charge in [-0.05, 0) is 75.1 Å². The second kappa shape index (κ2) is 24.3. The molecule has 0 aliphatic carbocycles. The van der Waals surface area contributed by atoms with Crippen LogP contribution in [0.1, 0.15) is 147 Å². The van der Waals surface area contributed by atoms with Gasteiger partial charge < -0.3 is 4.42 Å². The molecule has 0 atom stereocenters. The molecule has 0 aromatic carbocycles. The molecule has 0 saturated heterocycles. The minimum atomic E-state index is -0.535. The number of aromatic amines is 1. The predicted octanol–water partition coefficient (Wildman–Crippen LogP) is 9.44. The highest BCUT2D eigenvalue weighted by molar-refractivity contribution is 5.09. The van der Waals surface area contributed by atoms with Gasteiger partial charge in [0.05, 0.1) is 43.2 Å². The lowest BCUT2D eigenvalue weighted by Gasteiger charge is -2.01. The van der Waals surface area contributed by atoms with E-state index in [-0.39, 0.29) is 0 Å². The summed E-state index contributed by atoms with van der Waals surface area (Å²) in [5.41, 5.74) is 3.65. The lowest BCUT2D eigenvalue weighted by molar-refractivity contribution is 0.349. The molecule has 13 nitrogen and oxygen atoms in total. The molecule has 0 saturated carbocycles. The van der Waals surface area contributed by atoms with Crippen LogP contribution in [-0.4, -0.2) is 59.5 Å². The summed E-state index contributed by atoms with van der Waals surface area (Å²) < 4.78 is 22.2. The van der Waals surface area contributed by atoms with Crippen LogP contribution in [0, 0.1) is 6.92 Å². The van der Waals surface area contributed by atoms with E-state index in [9.17, 15) is 4.39 Å². The Bertz CT molecular complexity index is 1520. The molecule has 6 rings (SSSR count). The van der Waals surface area contributed by atoms with E-state index in [1.54, 1.807) is 42.0 Å². The molecule has 6 heterocycles. The van der Waals surface area contributed by atoms with E-state index in [1.807, 2.05) is 74.2 Å². The molecule has 0 aliphatic heterocycles. The van der Waals surface area contributed by atoms with Gasteiger partial charge >= 0.3 is 0 Å². The van der Waals surface area contributed by atoms with Crippen LogP contribution in [-0.2, 0) is 13.8 Å². The minimum absolute atomic E-state index is 0.380. The van der Waals surface area contributed by atoms with Gasteiger partial charge in [0.2, 0.25) is 0 Å². The smallest absolute Gasteiger partial charge is 0.196 e. The first kappa shape index (κ1) is 45.1. The number of aryl methyl sites for hydroxylation is 2. The number of hydrogen-bond donors (Lipinski definition) is 1. The van der Waals surface area contributed by atoms with Crippen molar-refractivity contribution in [3.8, 4) is 0 Å². The molecule has 0 amide bonds. The Hall–Kier alpha value is -4.88. The number of oxazole rings is 1. The molecule has 0 unspecified atom stereocenters. The van der Waals surface area contributed by atoms with E-state index in [1.165, 1.54) is 15.8 Å². The molecule has 0 spiro atoms. The highest BCUT2D eigenvalue weighted by Crippen LogP contribution is 2.13. The molecular weight excluding hydrogens is 659 g/mol. The average Bonchev–Trinajstić information content (AvgIpc) is 3.95. The van der Waals surface area contributed by atoms with Crippen LogP contribution >= 0.6 is 0 Å². The molecule has 52 heavy (non-hydrogen) atoms. The molecule has 288 valence electrons. The summed E-state index contributed by atoms with van der Waals surface area (Å²) in [7, 11) is 1.94. The van der Waals surface area contributed by atoms with Gasteiger partial charge in [-0.15, -0.1) is 0 Å². The molecule has 0 bridgehead atoms. The summed E-state index contributed by atoms with van der Waals surface area (Å²) in [6, 6.07) is 2.80. The van der Waals surface area contributed by atoms with E-state index in [0.717, 1.165) is 17.2 Å². The first-order valence-corrected chi connectivity index (χ1v) is 17.9. The molecule has 6 aromatic heterocycles. The summed E-state index contributed by atoms with van der Waals surface area (Å²) in [5.74, 6) is 3.73. The Kier molecular flexibility index (Phi) is 21.1. The van der Waals surface area contributed by atoms with Crippen molar-refractivity contribution in [2.24, 2.45) is 7.05 Å². The van der Waals surface area contributed by atoms with Gasteiger partial charge in [0.25, 0.3) is 0 Å². The fraction of sp³-hybridized carbons (Fsp3) is 0.553. The van der Waals surface area contributed by atoms with E-state index in [4.69, 9.17) is 4.42 Å². The normalized spacial score (nSPS) is 10.6. The van der Waals surface area contributed by atoms with Crippen molar-refractivity contribution in [3.05, 3.63) is 103 Å². The van der Waals surface area contributed by atoms with Crippen molar-refractivity contribution < 1.29 is 8.81 Å². The summed E-state index contributed by atoms with van der Waals surface area (Å²) in [6.45, 7) is 26.5. The Balaban J connectivity index is 0.000000313. The summed E-state index contributed by atoms with van der Waals surface area (Å²) in [5, 5.41) is 26.3. The van der Waals surface area contributed by atoms with Crippen molar-refractivity contribution in [1.29, 1.82) is 0 Å². The van der Waals surface area contributed by atoms with Crippen LogP contribution in [0.2, 0.25) is 0 Å². The maximum Gasteiger partial charge on any atom is 0.196 e. The number of hydrogen-bond acceptors (Lipinski definition) is 8. The van der Waals surface area contributed by atoms with Gasteiger partial charge in [-0.2, -0.15) is 35.4 Å². The zero-order chi connectivity index (χ0) is 39.2. The third kappa shape index (κ3) is 18.4. The van der Waals surface area contributed by atoms with Crippen LogP contribution in [0.15, 0.2) is 78.6 Å². The number of nitrogens with one attached hydrogen (secondary N) is 1. The topological polar surface area (TPSA) is 139 Å². The number of alkyl halides is 1. The number of halogens is 1. The first-order valence-electron chi connectivity index (χ1n) is 17.9. The van der Waals surface area contributed by atoms with E-state index in [2.05, 4.69) is 110 Å². The summed E-state index contributed by atoms with van der Waals surface area (Å²) >= 11 is 0. The SMILES string of the molecule is CC(C)c1cn[nH]c1.CC(C)c1cnn(C)c1.CC(C)c1cnn(CF)c1.CC(C)n1cccn1.CC(C)n1nccn1.Cc1cnc(C(C)C)o1. The molecule has 0 fully saturated rings. The molecule has 0 radical (unpaired) electrons. The van der Waals surface area contributed by atoms with Crippen molar-refractivity contribution in [3.63, 3.8) is 0 Å². The van der Waals surface area contributed by atoms with Gasteiger partial charge in [0, 0.05) is 50.0 Å². The Morgan fingerprint density at radius 1 is 0.673 bits per heavy atom. The van der Waals surface area contributed by atoms with Gasteiger partial charge in [0.15, 0.2) is 12.7 Å². The van der Waals surface area contributed by atoms with Crippen molar-refractivity contribution in [1.82, 2.24) is 59.5 Å². The standard InChI is InChI=1S/C7H11FN2.C7H12N2.C7H11NO.2C6H10N2.C5H9N3/c1-6(2)7-3-9-10(4-7)5-8;1-6(2)7-4-8-9(3)5-7;1-5(2)7-8-4-6(3)9-7;1-5(2)6-3-7-8-4-6;1-6(2)8-5-3-4-7-8;1-5(2)8-6-3-4-7-8/h3-4,6H,5H2,1-2H3;4-6H,1-3H3;4-5H,1-3H3;3-5H,1-2H3,(H,7,8);3-6H,1-2H3;3-5H,1-2H3. The maximum atomic E-state index is 11.9. The van der Waals surface area contributed by atoms with Crippen molar-refractivity contribution in [2.45, 2.75) is 133 Å². The number of rotatable bonds is 7. The third-order valence-electron chi connectivity index (χ3n) is 7.11. The van der Waals surface area contributed by atoms with Crippen LogP contribution in [0.25, 0.3) is 0 Å². The molecule has 14 heteroatoms. The van der Waals surface area contributed by atoms with E-state index >= 15 is 0 Å². The first-order chi connectivity index (χ1) is 24.5.